The Hall–Kier alpha value is -6.22. The van der Waals surface area contributed by atoms with E-state index in [-0.39, 0.29) is 0 Å². The summed E-state index contributed by atoms with van der Waals surface area (Å²) < 4.78 is 0. The number of benzene rings is 4. The lowest BCUT2D eigenvalue weighted by Crippen LogP contribution is -2.00. The van der Waals surface area contributed by atoms with E-state index < -0.39 is 0 Å². The first-order valence-electron chi connectivity index (χ1n) is 16.8. The van der Waals surface area contributed by atoms with Crippen LogP contribution in [0.2, 0.25) is 0 Å². The minimum absolute atomic E-state index is 0.479. The van der Waals surface area contributed by atoms with E-state index in [1.165, 1.54) is 11.1 Å². The zero-order valence-corrected chi connectivity index (χ0v) is 28.0. The summed E-state index contributed by atoms with van der Waals surface area (Å²) in [4.78, 5) is 0. The number of allylic oxidation sites excluding steroid dienone is 15. The van der Waals surface area contributed by atoms with Gasteiger partial charge in [-0.1, -0.05) is 159 Å². The van der Waals surface area contributed by atoms with Crippen molar-refractivity contribution < 1.29 is 0 Å². The molecule has 0 saturated heterocycles. The zero-order chi connectivity index (χ0) is 34.0. The van der Waals surface area contributed by atoms with Gasteiger partial charge in [0.15, 0.2) is 0 Å². The molecule has 1 unspecified atom stereocenters. The highest BCUT2D eigenvalue weighted by atomic mass is 14.3. The molecule has 2 aliphatic rings. The second kappa shape index (κ2) is 15.6. The van der Waals surface area contributed by atoms with E-state index in [0.29, 0.717) is 29.0 Å². The molecule has 49 heavy (non-hydrogen) atoms. The van der Waals surface area contributed by atoms with Crippen LogP contribution in [0.1, 0.15) is 54.5 Å². The smallest absolute Gasteiger partial charge is 0.100 e. The Bertz CT molecular complexity index is 2180. The van der Waals surface area contributed by atoms with Crippen LogP contribution in [-0.4, -0.2) is 0 Å². The van der Waals surface area contributed by atoms with Crippen LogP contribution >= 0.6 is 0 Å². The van der Waals surface area contributed by atoms with Gasteiger partial charge in [0.05, 0.1) is 11.1 Å². The molecule has 236 valence electrons. The van der Waals surface area contributed by atoms with Crippen molar-refractivity contribution in [2.24, 2.45) is 5.92 Å². The van der Waals surface area contributed by atoms with Crippen molar-refractivity contribution in [3.8, 4) is 34.4 Å². The van der Waals surface area contributed by atoms with Gasteiger partial charge in [-0.15, -0.1) is 0 Å². The summed E-state index contributed by atoms with van der Waals surface area (Å²) in [5.74, 6) is 0.546. The van der Waals surface area contributed by atoms with Crippen LogP contribution in [0.15, 0.2) is 169 Å². The topological polar surface area (TPSA) is 47.6 Å². The van der Waals surface area contributed by atoms with Crippen molar-refractivity contribution in [1.82, 2.24) is 0 Å². The molecule has 2 heteroatoms. The highest BCUT2D eigenvalue weighted by Gasteiger charge is 2.22. The zero-order valence-electron chi connectivity index (χ0n) is 28.0. The van der Waals surface area contributed by atoms with Crippen molar-refractivity contribution in [2.45, 2.75) is 26.7 Å². The van der Waals surface area contributed by atoms with Crippen molar-refractivity contribution in [3.63, 3.8) is 0 Å². The average molecular weight is 631 g/mol. The van der Waals surface area contributed by atoms with Gasteiger partial charge in [-0.25, -0.2) is 0 Å². The minimum atomic E-state index is 0.479. The largest absolute Gasteiger partial charge is 0.192 e. The van der Waals surface area contributed by atoms with Crippen LogP contribution in [0.3, 0.4) is 0 Å². The predicted octanol–water partition coefficient (Wildman–Crippen LogP) is 12.2. The molecular formula is C47H38N2. The fraction of sp³-hybridized carbons (Fsp3) is 0.106. The van der Waals surface area contributed by atoms with Crippen molar-refractivity contribution in [2.75, 3.05) is 0 Å². The van der Waals surface area contributed by atoms with E-state index in [4.69, 9.17) is 0 Å². The van der Waals surface area contributed by atoms with Crippen molar-refractivity contribution >= 4 is 17.2 Å². The van der Waals surface area contributed by atoms with Crippen LogP contribution < -0.4 is 0 Å². The fourth-order valence-corrected chi connectivity index (χ4v) is 6.34. The molecule has 2 nitrogen and oxygen atoms in total. The second-order valence-electron chi connectivity index (χ2n) is 12.3. The van der Waals surface area contributed by atoms with Gasteiger partial charge >= 0.3 is 0 Å². The van der Waals surface area contributed by atoms with E-state index in [9.17, 15) is 10.5 Å². The van der Waals surface area contributed by atoms with Gasteiger partial charge < -0.3 is 0 Å². The molecule has 4 aromatic carbocycles. The third-order valence-electron chi connectivity index (χ3n) is 8.97. The van der Waals surface area contributed by atoms with E-state index in [1.807, 2.05) is 79.7 Å². The molecule has 0 aliphatic heterocycles. The lowest BCUT2D eigenvalue weighted by molar-refractivity contribution is 0.732. The molecule has 1 atom stereocenters. The third-order valence-corrected chi connectivity index (χ3v) is 8.97. The summed E-state index contributed by atoms with van der Waals surface area (Å²) >= 11 is 0. The van der Waals surface area contributed by atoms with Crippen LogP contribution in [0.5, 0.6) is 0 Å². The van der Waals surface area contributed by atoms with Crippen LogP contribution in [0, 0.1) is 28.6 Å². The molecule has 0 aromatic heterocycles. The molecule has 4 aromatic rings. The first-order valence-corrected chi connectivity index (χ1v) is 16.8. The molecule has 0 bridgehead atoms. The van der Waals surface area contributed by atoms with Crippen molar-refractivity contribution in [1.29, 1.82) is 10.5 Å². The molecule has 6 rings (SSSR count). The third kappa shape index (κ3) is 7.52. The van der Waals surface area contributed by atoms with Crippen LogP contribution in [0.4, 0.5) is 0 Å². The summed E-state index contributed by atoms with van der Waals surface area (Å²) in [5, 5.41) is 21.6. The maximum absolute atomic E-state index is 10.8. The Morgan fingerprint density at radius 2 is 1.49 bits per heavy atom. The quantitative estimate of drug-likeness (QED) is 0.182. The molecule has 0 fully saturated rings. The van der Waals surface area contributed by atoms with Gasteiger partial charge in [-0.05, 0) is 93.5 Å². The van der Waals surface area contributed by atoms with Gasteiger partial charge in [0.2, 0.25) is 0 Å². The second-order valence-corrected chi connectivity index (χ2v) is 12.3. The summed E-state index contributed by atoms with van der Waals surface area (Å²) in [5.41, 5.74) is 11.7. The lowest BCUT2D eigenvalue weighted by atomic mass is 9.84. The number of hydrogen-bond acceptors (Lipinski definition) is 2. The molecule has 0 N–H and O–H groups in total. The van der Waals surface area contributed by atoms with E-state index >= 15 is 0 Å². The van der Waals surface area contributed by atoms with Gasteiger partial charge in [0.1, 0.15) is 12.1 Å². The van der Waals surface area contributed by atoms with Gasteiger partial charge in [-0.3, -0.25) is 0 Å². The molecule has 0 spiro atoms. The SMILES string of the molecule is C\C=C/C=C(\C=C\c1cc(C2=CC=CC(C3=CCC(C)C=C3)=CC2)c(C#N)c(-c2cccc(-c3ccccc3)c2)c1C#N)c1ccccc1. The summed E-state index contributed by atoms with van der Waals surface area (Å²) in [6, 6.07) is 35.7. The number of nitrogens with zero attached hydrogens (tertiary/aromatic N) is 2. The summed E-state index contributed by atoms with van der Waals surface area (Å²) in [6.07, 6.45) is 27.2. The standard InChI is InChI=1S/C47H38N2/c1-3-4-13-37(35-14-7-5-8-15-35)27-29-42-31-44(40-19-11-18-38(26-28-40)39-24-22-34(2)23-25-39)46(33-49)47(45(42)32-48)43-21-12-20-41(30-43)36-16-9-6-10-17-36/h3-22,24-27,29-31,34H,23,28H2,1-2H3/b4-3-,29-27+,37-13+. The Balaban J connectivity index is 1.53. The van der Waals surface area contributed by atoms with E-state index in [0.717, 1.165) is 50.9 Å². The van der Waals surface area contributed by atoms with Crippen LogP contribution in [-0.2, 0) is 0 Å². The summed E-state index contributed by atoms with van der Waals surface area (Å²) in [6.45, 7) is 4.23. The average Bonchev–Trinajstić information content (AvgIpc) is 3.42. The van der Waals surface area contributed by atoms with E-state index in [1.54, 1.807) is 0 Å². The van der Waals surface area contributed by atoms with Gasteiger partial charge in [0.25, 0.3) is 0 Å². The molecule has 0 radical (unpaired) electrons. The Labute approximate surface area is 290 Å². The predicted molar refractivity (Wildman–Crippen MR) is 206 cm³/mol. The molecule has 2 aliphatic carbocycles. The molecule has 0 saturated carbocycles. The van der Waals surface area contributed by atoms with Crippen molar-refractivity contribution in [3.05, 3.63) is 197 Å². The first kappa shape index (κ1) is 32.7. The fourth-order valence-electron chi connectivity index (χ4n) is 6.34. The lowest BCUT2D eigenvalue weighted by Gasteiger charge is -2.17. The highest BCUT2D eigenvalue weighted by molar-refractivity contribution is 5.91. The first-order chi connectivity index (χ1) is 24.1. The Morgan fingerprint density at radius 1 is 0.776 bits per heavy atom. The number of nitriles is 2. The Morgan fingerprint density at radius 3 is 2.20 bits per heavy atom. The monoisotopic (exact) mass is 630 g/mol. The summed E-state index contributed by atoms with van der Waals surface area (Å²) in [7, 11) is 0. The number of hydrogen-bond donors (Lipinski definition) is 0. The highest BCUT2D eigenvalue weighted by Crippen LogP contribution is 2.39. The van der Waals surface area contributed by atoms with Crippen LogP contribution in [0.25, 0.3) is 39.5 Å². The molecule has 0 amide bonds. The number of rotatable bonds is 8. The van der Waals surface area contributed by atoms with Gasteiger partial charge in [0, 0.05) is 5.56 Å². The Kier molecular flexibility index (Phi) is 10.4. The maximum atomic E-state index is 10.8. The maximum Gasteiger partial charge on any atom is 0.100 e. The minimum Gasteiger partial charge on any atom is -0.192 e. The van der Waals surface area contributed by atoms with E-state index in [2.05, 4.69) is 110 Å². The molecule has 0 heterocycles. The van der Waals surface area contributed by atoms with Gasteiger partial charge in [-0.2, -0.15) is 10.5 Å². The molecular weight excluding hydrogens is 593 g/mol. The normalized spacial score (nSPS) is 16.1.